The maximum Gasteiger partial charge on any atom is 0.246 e. The van der Waals surface area contributed by atoms with Crippen LogP contribution >= 0.6 is 0 Å². The van der Waals surface area contributed by atoms with E-state index in [0.717, 1.165) is 6.42 Å². The largest absolute Gasteiger partial charge is 0.354 e. The predicted octanol–water partition coefficient (Wildman–Crippen LogP) is 0.628. The van der Waals surface area contributed by atoms with Crippen molar-refractivity contribution in [3.05, 3.63) is 0 Å². The molecule has 1 heterocycles. The lowest BCUT2D eigenvalue weighted by molar-refractivity contribution is -0.144. The average molecular weight is 354 g/mol. The molecule has 25 heavy (non-hydrogen) atoms. The van der Waals surface area contributed by atoms with Crippen LogP contribution in [-0.4, -0.2) is 53.8 Å². The molecule has 3 amide bonds. The van der Waals surface area contributed by atoms with Crippen molar-refractivity contribution in [3.63, 3.8) is 0 Å². The summed E-state index contributed by atoms with van der Waals surface area (Å²) in [5.41, 5.74) is 5.14. The van der Waals surface area contributed by atoms with E-state index in [-0.39, 0.29) is 23.6 Å². The summed E-state index contributed by atoms with van der Waals surface area (Å²) in [6.45, 7) is 12.4. The van der Waals surface area contributed by atoms with Crippen LogP contribution in [0.15, 0.2) is 0 Å². The van der Waals surface area contributed by atoms with E-state index in [1.807, 2.05) is 34.6 Å². The molecule has 7 nitrogen and oxygen atoms in total. The lowest BCUT2D eigenvalue weighted by Gasteiger charge is -2.35. The summed E-state index contributed by atoms with van der Waals surface area (Å²) >= 11 is 0. The van der Waals surface area contributed by atoms with Gasteiger partial charge >= 0.3 is 0 Å². The topological polar surface area (TPSA) is 105 Å². The number of likely N-dealkylation sites (tertiary alicyclic amines) is 1. The van der Waals surface area contributed by atoms with Crippen LogP contribution in [-0.2, 0) is 14.4 Å². The Morgan fingerprint density at radius 3 is 2.36 bits per heavy atom. The summed E-state index contributed by atoms with van der Waals surface area (Å²) in [6.07, 6.45) is 1.48. The van der Waals surface area contributed by atoms with Crippen molar-refractivity contribution in [1.29, 1.82) is 0 Å². The van der Waals surface area contributed by atoms with Gasteiger partial charge in [-0.05, 0) is 31.1 Å². The Bertz CT molecular complexity index is 499. The molecule has 0 unspecified atom stereocenters. The molecule has 4 N–H and O–H groups in total. The monoisotopic (exact) mass is 354 g/mol. The van der Waals surface area contributed by atoms with Gasteiger partial charge in [-0.15, -0.1) is 0 Å². The lowest BCUT2D eigenvalue weighted by atomic mass is 9.85. The molecule has 0 spiro atoms. The second-order valence-corrected chi connectivity index (χ2v) is 8.23. The van der Waals surface area contributed by atoms with Crippen molar-refractivity contribution >= 4 is 17.7 Å². The zero-order chi connectivity index (χ0) is 19.4. The third-order valence-electron chi connectivity index (χ3n) is 4.46. The van der Waals surface area contributed by atoms with Crippen molar-refractivity contribution in [2.45, 2.75) is 72.5 Å². The van der Waals surface area contributed by atoms with Gasteiger partial charge in [0.1, 0.15) is 12.1 Å². The van der Waals surface area contributed by atoms with E-state index in [1.54, 1.807) is 11.8 Å². The number of rotatable bonds is 6. The number of carbonyl (C=O) groups excluding carboxylic acids is 3. The molecule has 0 saturated carbocycles. The molecule has 7 heteroatoms. The number of nitrogens with one attached hydrogen (secondary N) is 2. The molecule has 1 rings (SSSR count). The fourth-order valence-corrected chi connectivity index (χ4v) is 2.99. The molecule has 1 aliphatic heterocycles. The van der Waals surface area contributed by atoms with Crippen LogP contribution in [0.25, 0.3) is 0 Å². The van der Waals surface area contributed by atoms with E-state index in [9.17, 15) is 14.4 Å². The first-order valence-electron chi connectivity index (χ1n) is 9.13. The second-order valence-electron chi connectivity index (χ2n) is 8.23. The molecule has 1 aliphatic rings. The summed E-state index contributed by atoms with van der Waals surface area (Å²) in [6, 6.07) is -1.90. The first-order valence-corrected chi connectivity index (χ1v) is 9.13. The Morgan fingerprint density at radius 2 is 1.88 bits per heavy atom. The van der Waals surface area contributed by atoms with Gasteiger partial charge in [0.25, 0.3) is 0 Å². The highest BCUT2D eigenvalue weighted by atomic mass is 16.2. The minimum absolute atomic E-state index is 0.120. The SMILES string of the molecule is CCCNC(=O)[C@@H]1C[C@H](C)CN1C(=O)[C@@H](NC(=O)[C@H](C)N)C(C)(C)C. The molecule has 1 fully saturated rings. The Morgan fingerprint density at radius 1 is 1.28 bits per heavy atom. The molecule has 1 saturated heterocycles. The molecule has 0 aliphatic carbocycles. The van der Waals surface area contributed by atoms with Gasteiger partial charge in [0.15, 0.2) is 0 Å². The molecular formula is C18H34N4O3. The van der Waals surface area contributed by atoms with Crippen molar-refractivity contribution < 1.29 is 14.4 Å². The number of carbonyl (C=O) groups is 3. The van der Waals surface area contributed by atoms with Gasteiger partial charge in [-0.25, -0.2) is 0 Å². The van der Waals surface area contributed by atoms with Crippen LogP contribution in [0.4, 0.5) is 0 Å². The molecule has 0 aromatic carbocycles. The lowest BCUT2D eigenvalue weighted by Crippen LogP contribution is -2.59. The number of nitrogens with two attached hydrogens (primary N) is 1. The smallest absolute Gasteiger partial charge is 0.246 e. The molecule has 4 atom stereocenters. The normalized spacial score (nSPS) is 23.1. The molecule has 0 bridgehead atoms. The van der Waals surface area contributed by atoms with Gasteiger partial charge in [-0.3, -0.25) is 14.4 Å². The molecule has 0 radical (unpaired) electrons. The molecule has 0 aromatic rings. The van der Waals surface area contributed by atoms with Crippen LogP contribution in [0.2, 0.25) is 0 Å². The van der Waals surface area contributed by atoms with Crippen LogP contribution in [0.1, 0.15) is 54.4 Å². The third-order valence-corrected chi connectivity index (χ3v) is 4.46. The quantitative estimate of drug-likeness (QED) is 0.650. The summed E-state index contributed by atoms with van der Waals surface area (Å²) in [5, 5.41) is 5.64. The van der Waals surface area contributed by atoms with Gasteiger partial charge in [-0.1, -0.05) is 34.6 Å². The highest BCUT2D eigenvalue weighted by Crippen LogP contribution is 2.28. The zero-order valence-electron chi connectivity index (χ0n) is 16.4. The Hall–Kier alpha value is -1.63. The van der Waals surface area contributed by atoms with Crippen molar-refractivity contribution in [1.82, 2.24) is 15.5 Å². The van der Waals surface area contributed by atoms with Crippen molar-refractivity contribution in [2.75, 3.05) is 13.1 Å². The van der Waals surface area contributed by atoms with E-state index in [1.165, 1.54) is 0 Å². The first-order chi connectivity index (χ1) is 11.5. The summed E-state index contributed by atoms with van der Waals surface area (Å²) in [7, 11) is 0. The minimum atomic E-state index is -0.724. The van der Waals surface area contributed by atoms with Gasteiger partial charge in [0, 0.05) is 13.1 Å². The molecular weight excluding hydrogens is 320 g/mol. The average Bonchev–Trinajstić information content (AvgIpc) is 2.90. The van der Waals surface area contributed by atoms with Crippen LogP contribution in [0, 0.1) is 11.3 Å². The van der Waals surface area contributed by atoms with E-state index in [0.29, 0.717) is 19.5 Å². The third kappa shape index (κ3) is 5.70. The van der Waals surface area contributed by atoms with Gasteiger partial charge in [-0.2, -0.15) is 0 Å². The highest BCUT2D eigenvalue weighted by molar-refractivity contribution is 5.93. The summed E-state index contributed by atoms with van der Waals surface area (Å²) in [4.78, 5) is 39.3. The second kappa shape index (κ2) is 8.65. The van der Waals surface area contributed by atoms with E-state index in [2.05, 4.69) is 10.6 Å². The first kappa shape index (κ1) is 21.4. The van der Waals surface area contributed by atoms with Crippen LogP contribution in [0.5, 0.6) is 0 Å². The van der Waals surface area contributed by atoms with Crippen molar-refractivity contribution in [2.24, 2.45) is 17.1 Å². The van der Waals surface area contributed by atoms with Gasteiger partial charge in [0.2, 0.25) is 17.7 Å². The summed E-state index contributed by atoms with van der Waals surface area (Å²) < 4.78 is 0. The number of hydrogen-bond acceptors (Lipinski definition) is 4. The van der Waals surface area contributed by atoms with Crippen molar-refractivity contribution in [3.8, 4) is 0 Å². The van der Waals surface area contributed by atoms with Crippen LogP contribution in [0.3, 0.4) is 0 Å². The summed E-state index contributed by atoms with van der Waals surface area (Å²) in [5.74, 6) is -0.466. The predicted molar refractivity (Wildman–Crippen MR) is 97.6 cm³/mol. The number of nitrogens with zero attached hydrogens (tertiary/aromatic N) is 1. The minimum Gasteiger partial charge on any atom is -0.354 e. The Balaban J connectivity index is 3.00. The van der Waals surface area contributed by atoms with Gasteiger partial charge in [0.05, 0.1) is 6.04 Å². The number of hydrogen-bond donors (Lipinski definition) is 3. The zero-order valence-corrected chi connectivity index (χ0v) is 16.4. The fourth-order valence-electron chi connectivity index (χ4n) is 2.99. The maximum atomic E-state index is 13.2. The molecule has 0 aromatic heterocycles. The Kier molecular flexibility index (Phi) is 7.41. The standard InChI is InChI=1S/C18H34N4O3/c1-7-8-20-16(24)13-9-11(2)10-22(13)17(25)14(18(4,5)6)21-15(23)12(3)19/h11-14H,7-10,19H2,1-6H3,(H,20,24)(H,21,23)/t11-,12-,13-,14+/m0/s1. The fraction of sp³-hybridized carbons (Fsp3) is 0.833. The molecule has 144 valence electrons. The number of amides is 3. The highest BCUT2D eigenvalue weighted by Gasteiger charge is 2.43. The van der Waals surface area contributed by atoms with E-state index >= 15 is 0 Å². The van der Waals surface area contributed by atoms with E-state index in [4.69, 9.17) is 5.73 Å². The van der Waals surface area contributed by atoms with Gasteiger partial charge < -0.3 is 21.3 Å². The maximum absolute atomic E-state index is 13.2. The van der Waals surface area contributed by atoms with Crippen LogP contribution < -0.4 is 16.4 Å². The van der Waals surface area contributed by atoms with E-state index < -0.39 is 23.5 Å². The Labute approximate surface area is 151 Å².